The molecular weight excluding hydrogens is 462 g/mol. The van der Waals surface area contributed by atoms with Gasteiger partial charge in [-0.15, -0.1) is 0 Å². The van der Waals surface area contributed by atoms with E-state index in [2.05, 4.69) is 14.9 Å². The van der Waals surface area contributed by atoms with E-state index in [4.69, 9.17) is 4.74 Å². The van der Waals surface area contributed by atoms with Gasteiger partial charge in [0.15, 0.2) is 0 Å². The van der Waals surface area contributed by atoms with Gasteiger partial charge in [-0.2, -0.15) is 26.3 Å². The number of imidazole rings is 1. The Labute approximate surface area is 192 Å². The second kappa shape index (κ2) is 9.75. The average Bonchev–Trinajstić information content (AvgIpc) is 3.23. The number of rotatable bonds is 6. The van der Waals surface area contributed by atoms with Crippen LogP contribution in [0.15, 0.2) is 49.1 Å². The van der Waals surface area contributed by atoms with Crippen LogP contribution in [0.25, 0.3) is 22.5 Å². The van der Waals surface area contributed by atoms with Crippen LogP contribution in [-0.2, 0) is 23.6 Å². The molecule has 0 saturated carbocycles. The highest BCUT2D eigenvalue weighted by Gasteiger charge is 2.37. The molecule has 0 N–H and O–H groups in total. The van der Waals surface area contributed by atoms with Crippen LogP contribution in [-0.4, -0.2) is 52.3 Å². The van der Waals surface area contributed by atoms with E-state index >= 15 is 0 Å². The molecule has 0 amide bonds. The van der Waals surface area contributed by atoms with E-state index in [9.17, 15) is 26.3 Å². The molecule has 0 spiro atoms. The molecule has 1 aliphatic rings. The molecule has 0 unspecified atom stereocenters. The first kappa shape index (κ1) is 24.2. The highest BCUT2D eigenvalue weighted by molar-refractivity contribution is 5.79. The van der Waals surface area contributed by atoms with Crippen molar-refractivity contribution in [3.8, 4) is 22.5 Å². The molecule has 1 aliphatic heterocycles. The smallest absolute Gasteiger partial charge is 0.379 e. The Kier molecular flexibility index (Phi) is 6.94. The predicted octanol–water partition coefficient (Wildman–Crippen LogP) is 5.37. The number of halogens is 6. The Hall–Kier alpha value is -2.92. The van der Waals surface area contributed by atoms with Gasteiger partial charge in [-0.25, -0.2) is 4.98 Å². The number of aryl methyl sites for hydroxylation is 1. The molecule has 1 saturated heterocycles. The molecule has 0 atom stereocenters. The summed E-state index contributed by atoms with van der Waals surface area (Å²) in [4.78, 5) is 10.5. The molecule has 0 radical (unpaired) electrons. The van der Waals surface area contributed by atoms with Gasteiger partial charge in [0.1, 0.15) is 0 Å². The van der Waals surface area contributed by atoms with Crippen LogP contribution in [0.2, 0.25) is 0 Å². The predicted molar refractivity (Wildman–Crippen MR) is 113 cm³/mol. The number of alkyl halides is 6. The van der Waals surface area contributed by atoms with E-state index in [1.165, 1.54) is 18.7 Å². The molecule has 1 fully saturated rings. The van der Waals surface area contributed by atoms with Crippen molar-refractivity contribution in [3.63, 3.8) is 0 Å². The van der Waals surface area contributed by atoms with Crippen LogP contribution < -0.4 is 0 Å². The zero-order chi connectivity index (χ0) is 24.3. The Morgan fingerprint density at radius 2 is 1.44 bits per heavy atom. The minimum atomic E-state index is -4.94. The first-order valence-electron chi connectivity index (χ1n) is 10.7. The monoisotopic (exact) mass is 484 g/mol. The lowest BCUT2D eigenvalue weighted by Gasteiger charge is -2.26. The molecule has 182 valence electrons. The second-order valence-electron chi connectivity index (χ2n) is 7.97. The molecule has 0 bridgehead atoms. The normalized spacial score (nSPS) is 15.6. The second-order valence-corrected chi connectivity index (χ2v) is 7.97. The van der Waals surface area contributed by atoms with Crippen molar-refractivity contribution in [2.24, 2.45) is 0 Å². The topological polar surface area (TPSA) is 43.2 Å². The molecule has 4 rings (SSSR count). The Bertz CT molecular complexity index is 1070. The highest BCUT2D eigenvalue weighted by atomic mass is 19.4. The van der Waals surface area contributed by atoms with E-state index in [0.717, 1.165) is 31.8 Å². The van der Waals surface area contributed by atoms with Crippen molar-refractivity contribution in [2.75, 3.05) is 32.8 Å². The summed E-state index contributed by atoms with van der Waals surface area (Å²) >= 11 is 0. The van der Waals surface area contributed by atoms with Crippen molar-refractivity contribution in [1.29, 1.82) is 0 Å². The van der Waals surface area contributed by atoms with Gasteiger partial charge < -0.3 is 9.30 Å². The lowest BCUT2D eigenvalue weighted by atomic mass is 9.99. The summed E-state index contributed by atoms with van der Waals surface area (Å²) in [6.45, 7) is 3.92. The van der Waals surface area contributed by atoms with Crippen molar-refractivity contribution in [3.05, 3.63) is 60.2 Å². The van der Waals surface area contributed by atoms with Crippen LogP contribution in [0.5, 0.6) is 0 Å². The largest absolute Gasteiger partial charge is 0.416 e. The third-order valence-electron chi connectivity index (χ3n) is 5.63. The van der Waals surface area contributed by atoms with Crippen molar-refractivity contribution in [2.45, 2.75) is 25.3 Å². The number of hydrogen-bond donors (Lipinski definition) is 0. The van der Waals surface area contributed by atoms with Gasteiger partial charge in [-0.05, 0) is 36.8 Å². The van der Waals surface area contributed by atoms with Crippen LogP contribution >= 0.6 is 0 Å². The van der Waals surface area contributed by atoms with E-state index in [-0.39, 0.29) is 17.3 Å². The summed E-state index contributed by atoms with van der Waals surface area (Å²) in [5.41, 5.74) is -1.88. The summed E-state index contributed by atoms with van der Waals surface area (Å²) in [6, 6.07) is 4.85. The fraction of sp³-hybridized carbons (Fsp3) is 0.391. The molecule has 5 nitrogen and oxygen atoms in total. The van der Waals surface area contributed by atoms with Gasteiger partial charge in [0.2, 0.25) is 0 Å². The molecule has 0 aliphatic carbocycles. The number of aromatic nitrogens is 3. The van der Waals surface area contributed by atoms with Gasteiger partial charge in [0, 0.05) is 49.7 Å². The van der Waals surface area contributed by atoms with Crippen LogP contribution in [0, 0.1) is 0 Å². The highest BCUT2D eigenvalue weighted by Crippen LogP contribution is 2.40. The fourth-order valence-corrected chi connectivity index (χ4v) is 3.96. The van der Waals surface area contributed by atoms with E-state index in [0.29, 0.717) is 37.4 Å². The first-order valence-corrected chi connectivity index (χ1v) is 10.7. The van der Waals surface area contributed by atoms with Gasteiger partial charge in [-0.1, -0.05) is 0 Å². The Morgan fingerprint density at radius 1 is 0.824 bits per heavy atom. The number of pyridine rings is 1. The fourth-order valence-electron chi connectivity index (χ4n) is 3.96. The van der Waals surface area contributed by atoms with Crippen molar-refractivity contribution < 1.29 is 31.1 Å². The van der Waals surface area contributed by atoms with Crippen LogP contribution in [0.3, 0.4) is 0 Å². The molecule has 1 aromatic carbocycles. The lowest BCUT2D eigenvalue weighted by Crippen LogP contribution is -2.37. The molecule has 34 heavy (non-hydrogen) atoms. The molecule has 3 aromatic rings. The van der Waals surface area contributed by atoms with Gasteiger partial charge >= 0.3 is 12.4 Å². The molecular formula is C23H22F6N4O. The minimum Gasteiger partial charge on any atom is -0.379 e. The Morgan fingerprint density at radius 3 is 2.03 bits per heavy atom. The quantitative estimate of drug-likeness (QED) is 0.441. The zero-order valence-electron chi connectivity index (χ0n) is 18.0. The summed E-state index contributed by atoms with van der Waals surface area (Å²) < 4.78 is 87.9. The number of ether oxygens (including phenoxy) is 1. The standard InChI is InChI=1S/C23H22F6N4O/c24-22(25,26)18-12-17(13-19(14-18)23(27,28)29)21-20(16-2-4-30-5-3-16)31-15-33(21)7-1-6-32-8-10-34-11-9-32/h2-5,12-15H,1,6-11H2. The van der Waals surface area contributed by atoms with Gasteiger partial charge in [0.05, 0.1) is 42.1 Å². The van der Waals surface area contributed by atoms with Crippen molar-refractivity contribution in [1.82, 2.24) is 19.4 Å². The number of hydrogen-bond acceptors (Lipinski definition) is 4. The summed E-state index contributed by atoms with van der Waals surface area (Å²) in [7, 11) is 0. The van der Waals surface area contributed by atoms with Crippen molar-refractivity contribution >= 4 is 0 Å². The van der Waals surface area contributed by atoms with Crippen LogP contribution in [0.4, 0.5) is 26.3 Å². The number of nitrogens with zero attached hydrogens (tertiary/aromatic N) is 4. The molecule has 3 heterocycles. The van der Waals surface area contributed by atoms with E-state index in [1.54, 1.807) is 16.7 Å². The first-order chi connectivity index (χ1) is 16.1. The summed E-state index contributed by atoms with van der Waals surface area (Å²) in [6.07, 6.45) is -4.79. The average molecular weight is 484 g/mol. The maximum atomic E-state index is 13.5. The maximum absolute atomic E-state index is 13.5. The third-order valence-corrected chi connectivity index (χ3v) is 5.63. The van der Waals surface area contributed by atoms with E-state index < -0.39 is 23.5 Å². The van der Waals surface area contributed by atoms with Crippen LogP contribution in [0.1, 0.15) is 17.5 Å². The summed E-state index contributed by atoms with van der Waals surface area (Å²) in [5, 5.41) is 0. The van der Waals surface area contributed by atoms with Gasteiger partial charge in [0.25, 0.3) is 0 Å². The number of benzene rings is 1. The number of morpholine rings is 1. The SMILES string of the molecule is FC(F)(F)c1cc(-c2c(-c3ccncc3)ncn2CCCN2CCOCC2)cc(C(F)(F)F)c1. The minimum absolute atomic E-state index is 0.134. The molecule has 2 aromatic heterocycles. The molecule has 11 heteroatoms. The summed E-state index contributed by atoms with van der Waals surface area (Å²) in [5.74, 6) is 0. The lowest BCUT2D eigenvalue weighted by molar-refractivity contribution is -0.143. The maximum Gasteiger partial charge on any atom is 0.416 e. The third kappa shape index (κ3) is 5.58. The van der Waals surface area contributed by atoms with Gasteiger partial charge in [-0.3, -0.25) is 9.88 Å². The Balaban J connectivity index is 1.76. The van der Waals surface area contributed by atoms with E-state index in [1.807, 2.05) is 0 Å². The zero-order valence-corrected chi connectivity index (χ0v) is 18.0.